The Morgan fingerprint density at radius 2 is 1.67 bits per heavy atom. The summed E-state index contributed by atoms with van der Waals surface area (Å²) in [5.41, 5.74) is 0.462. The number of benzene rings is 1. The number of hydrogen-bond acceptors (Lipinski definition) is 3. The van der Waals surface area contributed by atoms with E-state index in [-0.39, 0.29) is 0 Å². The molecule has 102 valence electrons. The maximum absolute atomic E-state index is 12.0. The van der Waals surface area contributed by atoms with Crippen LogP contribution in [0, 0.1) is 0 Å². The lowest BCUT2D eigenvalue weighted by Crippen LogP contribution is -2.40. The standard InChI is InChI=1S/C13H22N2O2S/c1-5-10-14-11-6-8-12(9-7-11)18(16,17)15-13(2,3)4/h6-9,14-15H,5,10H2,1-4H3. The SMILES string of the molecule is CCCNc1ccc(S(=O)(=O)NC(C)(C)C)cc1. The highest BCUT2D eigenvalue weighted by atomic mass is 32.2. The van der Waals surface area contributed by atoms with Gasteiger partial charge in [0.25, 0.3) is 0 Å². The minimum atomic E-state index is -3.43. The fraction of sp³-hybridized carbons (Fsp3) is 0.538. The lowest BCUT2D eigenvalue weighted by molar-refractivity contribution is 0.491. The van der Waals surface area contributed by atoms with Crippen LogP contribution in [0.15, 0.2) is 29.2 Å². The van der Waals surface area contributed by atoms with E-state index in [4.69, 9.17) is 0 Å². The second-order valence-electron chi connectivity index (χ2n) is 5.31. The Bertz CT molecular complexity index is 473. The zero-order valence-electron chi connectivity index (χ0n) is 11.4. The zero-order chi connectivity index (χ0) is 13.8. The van der Waals surface area contributed by atoms with Crippen molar-refractivity contribution in [3.05, 3.63) is 24.3 Å². The molecule has 1 aromatic carbocycles. The molecule has 0 heterocycles. The maximum Gasteiger partial charge on any atom is 0.241 e. The molecule has 1 aromatic rings. The van der Waals surface area contributed by atoms with Crippen molar-refractivity contribution in [2.45, 2.75) is 44.6 Å². The second-order valence-corrected chi connectivity index (χ2v) is 6.99. The van der Waals surface area contributed by atoms with Gasteiger partial charge in [-0.3, -0.25) is 0 Å². The summed E-state index contributed by atoms with van der Waals surface area (Å²) < 4.78 is 26.7. The van der Waals surface area contributed by atoms with Gasteiger partial charge in [0.15, 0.2) is 0 Å². The molecule has 0 amide bonds. The van der Waals surface area contributed by atoms with E-state index in [2.05, 4.69) is 17.0 Å². The van der Waals surface area contributed by atoms with Crippen molar-refractivity contribution in [1.29, 1.82) is 0 Å². The van der Waals surface area contributed by atoms with Crippen LogP contribution in [0.4, 0.5) is 5.69 Å². The molecule has 0 saturated heterocycles. The van der Waals surface area contributed by atoms with E-state index in [1.165, 1.54) is 0 Å². The van der Waals surface area contributed by atoms with Crippen LogP contribution in [0.1, 0.15) is 34.1 Å². The lowest BCUT2D eigenvalue weighted by atomic mass is 10.1. The molecule has 0 aliphatic rings. The molecule has 0 unspecified atom stereocenters. The van der Waals surface area contributed by atoms with Gasteiger partial charge in [-0.15, -0.1) is 0 Å². The average Bonchev–Trinajstić information content (AvgIpc) is 2.23. The molecule has 1 rings (SSSR count). The summed E-state index contributed by atoms with van der Waals surface area (Å²) in [6.45, 7) is 8.43. The van der Waals surface area contributed by atoms with Crippen molar-refractivity contribution >= 4 is 15.7 Å². The highest BCUT2D eigenvalue weighted by Crippen LogP contribution is 2.16. The number of hydrogen-bond donors (Lipinski definition) is 2. The molecule has 5 heteroatoms. The predicted octanol–water partition coefficient (Wildman–Crippen LogP) is 2.59. The maximum atomic E-state index is 12.0. The highest BCUT2D eigenvalue weighted by molar-refractivity contribution is 7.89. The van der Waals surface area contributed by atoms with E-state index in [0.29, 0.717) is 4.90 Å². The Morgan fingerprint density at radius 1 is 1.11 bits per heavy atom. The van der Waals surface area contributed by atoms with Crippen LogP contribution in [0.3, 0.4) is 0 Å². The molecule has 0 aliphatic carbocycles. The summed E-state index contributed by atoms with van der Waals surface area (Å²) in [6.07, 6.45) is 1.03. The molecule has 0 bridgehead atoms. The molecule has 0 atom stereocenters. The first-order valence-electron chi connectivity index (χ1n) is 6.12. The summed E-state index contributed by atoms with van der Waals surface area (Å²) in [6, 6.07) is 6.80. The smallest absolute Gasteiger partial charge is 0.241 e. The zero-order valence-corrected chi connectivity index (χ0v) is 12.3. The van der Waals surface area contributed by atoms with Crippen LogP contribution >= 0.6 is 0 Å². The van der Waals surface area contributed by atoms with Crippen molar-refractivity contribution in [2.24, 2.45) is 0 Å². The molecule has 0 aromatic heterocycles. The number of nitrogens with one attached hydrogen (secondary N) is 2. The minimum absolute atomic E-state index is 0.291. The topological polar surface area (TPSA) is 58.2 Å². The average molecular weight is 270 g/mol. The Labute approximate surface area is 110 Å². The van der Waals surface area contributed by atoms with Crippen LogP contribution in [0.2, 0.25) is 0 Å². The highest BCUT2D eigenvalue weighted by Gasteiger charge is 2.21. The van der Waals surface area contributed by atoms with Crippen LogP contribution in [-0.2, 0) is 10.0 Å². The summed E-state index contributed by atoms with van der Waals surface area (Å²) in [5.74, 6) is 0. The van der Waals surface area contributed by atoms with E-state index in [9.17, 15) is 8.42 Å². The third-order valence-electron chi connectivity index (χ3n) is 2.18. The van der Waals surface area contributed by atoms with Gasteiger partial charge in [-0.2, -0.15) is 0 Å². The van der Waals surface area contributed by atoms with Gasteiger partial charge in [-0.25, -0.2) is 13.1 Å². The van der Waals surface area contributed by atoms with Gasteiger partial charge in [-0.1, -0.05) is 6.92 Å². The molecule has 0 saturated carbocycles. The van der Waals surface area contributed by atoms with Crippen molar-refractivity contribution in [3.8, 4) is 0 Å². The van der Waals surface area contributed by atoms with Crippen molar-refractivity contribution < 1.29 is 8.42 Å². The van der Waals surface area contributed by atoms with Crippen LogP contribution < -0.4 is 10.0 Å². The van der Waals surface area contributed by atoms with E-state index >= 15 is 0 Å². The Morgan fingerprint density at radius 3 is 2.11 bits per heavy atom. The van der Waals surface area contributed by atoms with Crippen LogP contribution in [0.5, 0.6) is 0 Å². The molecule has 0 radical (unpaired) electrons. The van der Waals surface area contributed by atoms with Gasteiger partial charge in [0.1, 0.15) is 0 Å². The minimum Gasteiger partial charge on any atom is -0.385 e. The van der Waals surface area contributed by atoms with E-state index in [0.717, 1.165) is 18.7 Å². The van der Waals surface area contributed by atoms with E-state index in [1.54, 1.807) is 24.3 Å². The van der Waals surface area contributed by atoms with E-state index < -0.39 is 15.6 Å². The second kappa shape index (κ2) is 5.71. The van der Waals surface area contributed by atoms with Gasteiger partial charge >= 0.3 is 0 Å². The van der Waals surface area contributed by atoms with Gasteiger partial charge in [0.2, 0.25) is 10.0 Å². The fourth-order valence-electron chi connectivity index (χ4n) is 1.48. The summed E-state index contributed by atoms with van der Waals surface area (Å²) in [5, 5.41) is 3.21. The third kappa shape index (κ3) is 4.66. The van der Waals surface area contributed by atoms with Crippen LogP contribution in [0.25, 0.3) is 0 Å². The number of sulfonamides is 1. The number of anilines is 1. The monoisotopic (exact) mass is 270 g/mol. The normalized spacial score (nSPS) is 12.4. The first-order chi connectivity index (χ1) is 8.24. The van der Waals surface area contributed by atoms with Crippen LogP contribution in [-0.4, -0.2) is 20.5 Å². The van der Waals surface area contributed by atoms with Crippen molar-refractivity contribution in [3.63, 3.8) is 0 Å². The molecular formula is C13H22N2O2S. The quantitative estimate of drug-likeness (QED) is 0.864. The summed E-state index contributed by atoms with van der Waals surface area (Å²) >= 11 is 0. The molecule has 4 nitrogen and oxygen atoms in total. The molecule has 0 fully saturated rings. The fourth-order valence-corrected chi connectivity index (χ4v) is 2.90. The Hall–Kier alpha value is -1.07. The van der Waals surface area contributed by atoms with Gasteiger partial charge in [0, 0.05) is 17.8 Å². The molecule has 2 N–H and O–H groups in total. The Balaban J connectivity index is 2.84. The molecule has 18 heavy (non-hydrogen) atoms. The van der Waals surface area contributed by atoms with Crippen molar-refractivity contribution in [2.75, 3.05) is 11.9 Å². The third-order valence-corrected chi connectivity index (χ3v) is 3.96. The molecular weight excluding hydrogens is 248 g/mol. The van der Waals surface area contributed by atoms with E-state index in [1.807, 2.05) is 20.8 Å². The largest absolute Gasteiger partial charge is 0.385 e. The van der Waals surface area contributed by atoms with Crippen molar-refractivity contribution in [1.82, 2.24) is 4.72 Å². The molecule has 0 spiro atoms. The van der Waals surface area contributed by atoms with Gasteiger partial charge in [-0.05, 0) is 51.5 Å². The first-order valence-corrected chi connectivity index (χ1v) is 7.61. The van der Waals surface area contributed by atoms with Gasteiger partial charge in [0.05, 0.1) is 4.90 Å². The first kappa shape index (κ1) is 15.0. The number of rotatable bonds is 5. The molecule has 0 aliphatic heterocycles. The van der Waals surface area contributed by atoms with Gasteiger partial charge < -0.3 is 5.32 Å². The summed E-state index contributed by atoms with van der Waals surface area (Å²) in [4.78, 5) is 0.291. The lowest BCUT2D eigenvalue weighted by Gasteiger charge is -2.20. The Kier molecular flexibility index (Phi) is 4.76. The predicted molar refractivity (Wildman–Crippen MR) is 75.3 cm³/mol. The summed E-state index contributed by atoms with van der Waals surface area (Å²) in [7, 11) is -3.43.